The third kappa shape index (κ3) is 2.79. The lowest BCUT2D eigenvalue weighted by Crippen LogP contribution is -2.20. The van der Waals surface area contributed by atoms with Gasteiger partial charge in [-0.05, 0) is 24.3 Å². The van der Waals surface area contributed by atoms with Gasteiger partial charge in [-0.2, -0.15) is 9.97 Å². The van der Waals surface area contributed by atoms with Crippen LogP contribution in [0.25, 0.3) is 11.2 Å². The first-order chi connectivity index (χ1) is 10.9. The first-order valence-electron chi connectivity index (χ1n) is 6.58. The lowest BCUT2D eigenvalue weighted by molar-refractivity contribution is 0.0991. The maximum atomic E-state index is 12.2. The summed E-state index contributed by atoms with van der Waals surface area (Å²) in [6.45, 7) is 0. The second-order valence-corrected chi connectivity index (χ2v) is 4.83. The van der Waals surface area contributed by atoms with Crippen LogP contribution in [0, 0.1) is 0 Å². The second kappa shape index (κ2) is 5.37. The summed E-state index contributed by atoms with van der Waals surface area (Å²) in [7, 11) is 0. The van der Waals surface area contributed by atoms with E-state index in [-0.39, 0.29) is 46.6 Å². The summed E-state index contributed by atoms with van der Waals surface area (Å²) in [5, 5.41) is 9.23. The van der Waals surface area contributed by atoms with Gasteiger partial charge in [0.2, 0.25) is 5.95 Å². The number of H-pyrrole nitrogens is 1. The Labute approximate surface area is 129 Å². The number of phenols is 1. The number of nitrogen functional groups attached to an aromatic ring is 2. The van der Waals surface area contributed by atoms with Gasteiger partial charge in [0, 0.05) is 5.56 Å². The number of aromatic nitrogens is 4. The van der Waals surface area contributed by atoms with Crippen LogP contribution >= 0.6 is 0 Å². The van der Waals surface area contributed by atoms with Gasteiger partial charge >= 0.3 is 0 Å². The van der Waals surface area contributed by atoms with Crippen molar-refractivity contribution in [2.45, 2.75) is 6.42 Å². The number of rotatable bonds is 3. The molecule has 0 radical (unpaired) electrons. The normalized spacial score (nSPS) is 10.8. The minimum absolute atomic E-state index is 0.00641. The molecule has 0 bridgehead atoms. The smallest absolute Gasteiger partial charge is 0.270 e. The maximum absolute atomic E-state index is 12.2. The molecule has 2 heterocycles. The summed E-state index contributed by atoms with van der Waals surface area (Å²) < 4.78 is 0. The van der Waals surface area contributed by atoms with Gasteiger partial charge in [0.1, 0.15) is 17.0 Å². The molecule has 1 aromatic carbocycles. The summed E-state index contributed by atoms with van der Waals surface area (Å²) >= 11 is 0. The van der Waals surface area contributed by atoms with Crippen LogP contribution < -0.4 is 17.0 Å². The van der Waals surface area contributed by atoms with Gasteiger partial charge in [-0.15, -0.1) is 0 Å². The molecule has 3 rings (SSSR count). The van der Waals surface area contributed by atoms with E-state index < -0.39 is 5.56 Å². The number of benzene rings is 1. The number of nitrogens with two attached hydrogens (primary N) is 2. The molecule has 0 spiro atoms. The number of ketones is 1. The molecule has 0 amide bonds. The lowest BCUT2D eigenvalue weighted by atomic mass is 10.1. The van der Waals surface area contributed by atoms with Gasteiger partial charge in [0.05, 0.1) is 6.42 Å². The monoisotopic (exact) mass is 312 g/mol. The van der Waals surface area contributed by atoms with E-state index in [0.717, 1.165) is 0 Å². The van der Waals surface area contributed by atoms with Crippen molar-refractivity contribution < 1.29 is 9.90 Å². The van der Waals surface area contributed by atoms with Crippen molar-refractivity contribution in [2.75, 3.05) is 11.5 Å². The number of hydrogen-bond acceptors (Lipinski definition) is 8. The molecule has 0 aliphatic heterocycles. The van der Waals surface area contributed by atoms with Crippen molar-refractivity contribution in [3.8, 4) is 5.75 Å². The van der Waals surface area contributed by atoms with Gasteiger partial charge in [-0.1, -0.05) is 0 Å². The molecule has 0 unspecified atom stereocenters. The summed E-state index contributed by atoms with van der Waals surface area (Å²) in [6.07, 6.45) is -0.222. The number of aromatic hydroxyl groups is 1. The van der Waals surface area contributed by atoms with Crippen LogP contribution in [-0.2, 0) is 6.42 Å². The van der Waals surface area contributed by atoms with Crippen molar-refractivity contribution >= 4 is 28.7 Å². The number of Topliss-reactive ketones (excluding diaryl/α,β-unsaturated/α-hetero) is 1. The van der Waals surface area contributed by atoms with Crippen LogP contribution in [0.1, 0.15) is 16.1 Å². The van der Waals surface area contributed by atoms with Gasteiger partial charge in [-0.25, -0.2) is 4.98 Å². The standard InChI is InChI=1S/C14H12N6O3/c15-11-10-12(20-14(16)19-11)17-8(13(23)18-10)5-9(22)6-1-3-7(21)4-2-6/h1-4,21H,5H2,(H,18,23)(H4,15,16,17,19,20). The molecule has 0 aliphatic carbocycles. The Bertz CT molecular complexity index is 965. The molecule has 9 heteroatoms. The maximum Gasteiger partial charge on any atom is 0.270 e. The zero-order valence-corrected chi connectivity index (χ0v) is 11.8. The fourth-order valence-electron chi connectivity index (χ4n) is 2.07. The van der Waals surface area contributed by atoms with Gasteiger partial charge in [-0.3, -0.25) is 9.59 Å². The molecule has 0 saturated carbocycles. The zero-order chi connectivity index (χ0) is 16.6. The molecule has 0 saturated heterocycles. The quantitative estimate of drug-likeness (QED) is 0.492. The Kier molecular flexibility index (Phi) is 3.37. The molecule has 9 nitrogen and oxygen atoms in total. The molecule has 6 N–H and O–H groups in total. The SMILES string of the molecule is Nc1nc(N)c2[nH]c(=O)c(CC(=O)c3ccc(O)cc3)nc2n1. The molecule has 2 aromatic heterocycles. The summed E-state index contributed by atoms with van der Waals surface area (Å²) in [5.74, 6) is -0.345. The van der Waals surface area contributed by atoms with Crippen molar-refractivity contribution in [1.29, 1.82) is 0 Å². The highest BCUT2D eigenvalue weighted by atomic mass is 16.3. The Balaban J connectivity index is 1.99. The fraction of sp³-hybridized carbons (Fsp3) is 0.0714. The number of carbonyl (C=O) groups excluding carboxylic acids is 1. The van der Waals surface area contributed by atoms with Crippen LogP contribution in [0.4, 0.5) is 11.8 Å². The lowest BCUT2D eigenvalue weighted by Gasteiger charge is -2.04. The summed E-state index contributed by atoms with van der Waals surface area (Å²) in [4.78, 5) is 38.4. The first-order valence-corrected chi connectivity index (χ1v) is 6.58. The van der Waals surface area contributed by atoms with E-state index in [9.17, 15) is 14.7 Å². The predicted octanol–water partition coefficient (Wildman–Crippen LogP) is 0.00850. The van der Waals surface area contributed by atoms with Crippen molar-refractivity contribution in [2.24, 2.45) is 0 Å². The van der Waals surface area contributed by atoms with Crippen LogP contribution in [0.15, 0.2) is 29.1 Å². The van der Waals surface area contributed by atoms with E-state index in [1.54, 1.807) is 0 Å². The predicted molar refractivity (Wildman–Crippen MR) is 82.9 cm³/mol. The third-order valence-electron chi connectivity index (χ3n) is 3.19. The van der Waals surface area contributed by atoms with E-state index >= 15 is 0 Å². The van der Waals surface area contributed by atoms with Crippen LogP contribution in [0.2, 0.25) is 0 Å². The summed E-state index contributed by atoms with van der Waals surface area (Å²) in [6, 6.07) is 5.70. The van der Waals surface area contributed by atoms with Gasteiger partial charge in [0.15, 0.2) is 17.2 Å². The van der Waals surface area contributed by atoms with E-state index in [1.165, 1.54) is 24.3 Å². The van der Waals surface area contributed by atoms with Crippen molar-refractivity contribution in [3.05, 3.63) is 45.9 Å². The molecule has 116 valence electrons. The van der Waals surface area contributed by atoms with Gasteiger partial charge < -0.3 is 21.6 Å². The highest BCUT2D eigenvalue weighted by molar-refractivity contribution is 5.97. The molecule has 0 fully saturated rings. The Hall–Kier alpha value is -3.49. The Morgan fingerprint density at radius 1 is 1.13 bits per heavy atom. The number of carbonyl (C=O) groups is 1. The highest BCUT2D eigenvalue weighted by Crippen LogP contribution is 2.14. The molecular formula is C14H12N6O3. The topological polar surface area (TPSA) is 161 Å². The number of fused-ring (bicyclic) bond motifs is 1. The minimum atomic E-state index is -0.551. The van der Waals surface area contributed by atoms with Crippen LogP contribution in [0.5, 0.6) is 5.75 Å². The minimum Gasteiger partial charge on any atom is -0.508 e. The number of nitrogens with zero attached hydrogens (tertiary/aromatic N) is 3. The molecular weight excluding hydrogens is 300 g/mol. The number of aromatic amines is 1. The molecule has 0 aliphatic rings. The van der Waals surface area contributed by atoms with Crippen molar-refractivity contribution in [1.82, 2.24) is 19.9 Å². The number of phenolic OH excluding ortho intramolecular Hbond substituents is 1. The van der Waals surface area contributed by atoms with Crippen LogP contribution in [0.3, 0.4) is 0 Å². The van der Waals surface area contributed by atoms with E-state index in [1.807, 2.05) is 0 Å². The number of nitrogens with one attached hydrogen (secondary N) is 1. The summed E-state index contributed by atoms with van der Waals surface area (Å²) in [5.41, 5.74) is 11.2. The van der Waals surface area contributed by atoms with Crippen LogP contribution in [-0.4, -0.2) is 30.8 Å². The largest absolute Gasteiger partial charge is 0.508 e. The fourth-order valence-corrected chi connectivity index (χ4v) is 2.07. The molecule has 3 aromatic rings. The average molecular weight is 312 g/mol. The third-order valence-corrected chi connectivity index (χ3v) is 3.19. The van der Waals surface area contributed by atoms with E-state index in [2.05, 4.69) is 19.9 Å². The van der Waals surface area contributed by atoms with Crippen molar-refractivity contribution in [3.63, 3.8) is 0 Å². The zero-order valence-electron chi connectivity index (χ0n) is 11.8. The second-order valence-electron chi connectivity index (χ2n) is 4.83. The number of anilines is 2. The first kappa shape index (κ1) is 14.4. The highest BCUT2D eigenvalue weighted by Gasteiger charge is 2.14. The molecule has 0 atom stereocenters. The Morgan fingerprint density at radius 3 is 2.52 bits per heavy atom. The molecule has 23 heavy (non-hydrogen) atoms. The Morgan fingerprint density at radius 2 is 1.83 bits per heavy atom. The van der Waals surface area contributed by atoms with E-state index in [0.29, 0.717) is 5.56 Å². The average Bonchev–Trinajstić information content (AvgIpc) is 2.49. The number of hydrogen-bond donors (Lipinski definition) is 4. The van der Waals surface area contributed by atoms with E-state index in [4.69, 9.17) is 11.5 Å². The van der Waals surface area contributed by atoms with Gasteiger partial charge in [0.25, 0.3) is 5.56 Å².